The number of aromatic nitrogens is 2. The van der Waals surface area contributed by atoms with Crippen LogP contribution < -0.4 is 10.7 Å². The van der Waals surface area contributed by atoms with E-state index in [-0.39, 0.29) is 22.9 Å². The number of unbranched alkanes of at least 4 members (excludes halogenated alkanes) is 2. The lowest BCUT2D eigenvalue weighted by molar-refractivity contribution is 0.0931. The van der Waals surface area contributed by atoms with Crippen LogP contribution in [0.4, 0.5) is 0 Å². The Balaban J connectivity index is 1.90. The highest BCUT2D eigenvalue weighted by atomic mass is 16.5. The van der Waals surface area contributed by atoms with E-state index in [1.54, 1.807) is 13.1 Å². The van der Waals surface area contributed by atoms with Gasteiger partial charge in [-0.1, -0.05) is 50.6 Å². The Morgan fingerprint density at radius 1 is 1.27 bits per heavy atom. The van der Waals surface area contributed by atoms with Gasteiger partial charge in [0.05, 0.1) is 5.69 Å². The fourth-order valence-electron chi connectivity index (χ4n) is 3.77. The Kier molecular flexibility index (Phi) is 6.12. The average molecular weight is 359 g/mol. The van der Waals surface area contributed by atoms with Gasteiger partial charge in [0.15, 0.2) is 0 Å². The second kappa shape index (κ2) is 8.52. The van der Waals surface area contributed by atoms with Gasteiger partial charge in [0.25, 0.3) is 5.91 Å². The Morgan fingerprint density at radius 2 is 2.00 bits per heavy atom. The van der Waals surface area contributed by atoms with Crippen molar-refractivity contribution < 1.29 is 9.32 Å². The summed E-state index contributed by atoms with van der Waals surface area (Å²) in [5, 5.41) is 7.46. The van der Waals surface area contributed by atoms with Gasteiger partial charge in [0.2, 0.25) is 11.1 Å². The second-order valence-electron chi connectivity index (χ2n) is 7.38. The number of carbonyl (C=O) groups is 1. The molecule has 0 aliphatic heterocycles. The van der Waals surface area contributed by atoms with Gasteiger partial charge in [-0.15, -0.1) is 0 Å². The third-order valence-electron chi connectivity index (χ3n) is 5.30. The van der Waals surface area contributed by atoms with Crippen molar-refractivity contribution in [2.24, 2.45) is 0 Å². The first-order valence-electron chi connectivity index (χ1n) is 9.92. The minimum absolute atomic E-state index is 0.164. The zero-order valence-electron chi connectivity index (χ0n) is 15.8. The molecule has 0 atom stereocenters. The molecule has 2 aromatic heterocycles. The molecule has 0 aromatic carbocycles. The van der Waals surface area contributed by atoms with E-state index in [1.165, 1.54) is 12.8 Å². The summed E-state index contributed by atoms with van der Waals surface area (Å²) in [6.45, 7) is 4.60. The Labute approximate surface area is 153 Å². The summed E-state index contributed by atoms with van der Waals surface area (Å²) in [5.74, 6) is -0.270. The van der Waals surface area contributed by atoms with Crippen LogP contribution in [0.2, 0.25) is 0 Å². The molecule has 142 valence electrons. The van der Waals surface area contributed by atoms with E-state index in [4.69, 9.17) is 4.52 Å². The number of carbonyl (C=O) groups excluding carboxylic acids is 1. The summed E-state index contributed by atoms with van der Waals surface area (Å²) < 4.78 is 7.24. The summed E-state index contributed by atoms with van der Waals surface area (Å²) in [6, 6.07) is 0.164. The molecule has 1 aliphatic rings. The molecule has 0 radical (unpaired) electrons. The minimum atomic E-state index is -0.281. The van der Waals surface area contributed by atoms with Crippen LogP contribution in [-0.4, -0.2) is 21.7 Å². The summed E-state index contributed by atoms with van der Waals surface area (Å²) in [4.78, 5) is 25.7. The molecule has 6 nitrogen and oxygen atoms in total. The van der Waals surface area contributed by atoms with Crippen LogP contribution >= 0.6 is 0 Å². The van der Waals surface area contributed by atoms with Gasteiger partial charge in [-0.2, -0.15) is 0 Å². The van der Waals surface area contributed by atoms with Crippen LogP contribution in [0.15, 0.2) is 15.5 Å². The Morgan fingerprint density at radius 3 is 2.69 bits per heavy atom. The molecule has 2 heterocycles. The molecule has 1 fully saturated rings. The normalized spacial score (nSPS) is 15.9. The van der Waals surface area contributed by atoms with E-state index in [2.05, 4.69) is 17.4 Å². The highest BCUT2D eigenvalue weighted by molar-refractivity contribution is 5.97. The van der Waals surface area contributed by atoms with Crippen molar-refractivity contribution in [2.75, 3.05) is 0 Å². The van der Waals surface area contributed by atoms with Gasteiger partial charge >= 0.3 is 0 Å². The number of hydrogen-bond acceptors (Lipinski definition) is 4. The van der Waals surface area contributed by atoms with E-state index in [0.29, 0.717) is 23.3 Å². The molecule has 0 bridgehead atoms. The van der Waals surface area contributed by atoms with Gasteiger partial charge in [0, 0.05) is 18.8 Å². The summed E-state index contributed by atoms with van der Waals surface area (Å²) in [7, 11) is 0. The third kappa shape index (κ3) is 4.00. The molecule has 0 spiro atoms. The number of hydrogen-bond donors (Lipinski definition) is 1. The largest absolute Gasteiger partial charge is 0.349 e. The molecule has 2 aromatic rings. The average Bonchev–Trinajstić information content (AvgIpc) is 2.84. The smallest absolute Gasteiger partial charge is 0.256 e. The zero-order chi connectivity index (χ0) is 18.5. The first-order valence-corrected chi connectivity index (χ1v) is 9.92. The zero-order valence-corrected chi connectivity index (χ0v) is 15.8. The molecule has 3 rings (SSSR count). The van der Waals surface area contributed by atoms with E-state index in [9.17, 15) is 9.59 Å². The molecule has 0 unspecified atom stereocenters. The number of nitrogens with zero attached hydrogens (tertiary/aromatic N) is 2. The maximum atomic E-state index is 12.9. The van der Waals surface area contributed by atoms with E-state index < -0.39 is 0 Å². The van der Waals surface area contributed by atoms with Crippen molar-refractivity contribution in [2.45, 2.75) is 84.2 Å². The number of nitrogens with one attached hydrogen (secondary N) is 1. The fourth-order valence-corrected chi connectivity index (χ4v) is 3.77. The van der Waals surface area contributed by atoms with Gasteiger partial charge in [-0.05, 0) is 26.2 Å². The Bertz CT molecular complexity index is 814. The standard InChI is InChI=1S/C20H29N3O3/c1-3-4-9-12-23-13-16(18(24)17-14(2)22-26-20(17)23)19(25)21-15-10-7-5-6-8-11-15/h13,15H,3-12H2,1-2H3,(H,21,25). The number of pyridine rings is 1. The van der Waals surface area contributed by atoms with Crippen molar-refractivity contribution in [1.29, 1.82) is 0 Å². The van der Waals surface area contributed by atoms with Crippen LogP contribution in [0, 0.1) is 6.92 Å². The number of rotatable bonds is 6. The van der Waals surface area contributed by atoms with E-state index in [1.807, 2.05) is 4.57 Å². The quantitative estimate of drug-likeness (QED) is 0.626. The van der Waals surface area contributed by atoms with Crippen LogP contribution in [0.5, 0.6) is 0 Å². The van der Waals surface area contributed by atoms with Gasteiger partial charge in [-0.3, -0.25) is 9.59 Å². The second-order valence-corrected chi connectivity index (χ2v) is 7.38. The van der Waals surface area contributed by atoms with Crippen molar-refractivity contribution >= 4 is 17.0 Å². The van der Waals surface area contributed by atoms with Crippen LogP contribution in [0.1, 0.15) is 80.8 Å². The lowest BCUT2D eigenvalue weighted by Gasteiger charge is -2.16. The number of aryl methyl sites for hydroxylation is 2. The maximum Gasteiger partial charge on any atom is 0.256 e. The monoisotopic (exact) mass is 359 g/mol. The number of fused-ring (bicyclic) bond motifs is 1. The lowest BCUT2D eigenvalue weighted by Crippen LogP contribution is -2.37. The number of amides is 1. The SMILES string of the molecule is CCCCCn1cc(C(=O)NC2CCCCCC2)c(=O)c2c(C)noc21. The van der Waals surface area contributed by atoms with Crippen LogP contribution in [0.3, 0.4) is 0 Å². The predicted molar refractivity (Wildman–Crippen MR) is 101 cm³/mol. The molecule has 1 saturated carbocycles. The summed E-state index contributed by atoms with van der Waals surface area (Å²) >= 11 is 0. The van der Waals surface area contributed by atoms with Crippen LogP contribution in [-0.2, 0) is 6.54 Å². The van der Waals surface area contributed by atoms with Crippen molar-refractivity contribution in [3.05, 3.63) is 27.7 Å². The van der Waals surface area contributed by atoms with Crippen molar-refractivity contribution in [1.82, 2.24) is 15.0 Å². The molecule has 1 amide bonds. The van der Waals surface area contributed by atoms with E-state index >= 15 is 0 Å². The minimum Gasteiger partial charge on any atom is -0.349 e. The Hall–Kier alpha value is -2.11. The lowest BCUT2D eigenvalue weighted by atomic mass is 10.1. The topological polar surface area (TPSA) is 77.1 Å². The molecular weight excluding hydrogens is 330 g/mol. The first-order chi connectivity index (χ1) is 12.6. The van der Waals surface area contributed by atoms with Crippen molar-refractivity contribution in [3.8, 4) is 0 Å². The highest BCUT2D eigenvalue weighted by Crippen LogP contribution is 2.19. The molecular formula is C20H29N3O3. The van der Waals surface area contributed by atoms with Gasteiger partial charge in [-0.25, -0.2) is 0 Å². The van der Waals surface area contributed by atoms with E-state index in [0.717, 1.165) is 44.9 Å². The van der Waals surface area contributed by atoms with Crippen molar-refractivity contribution in [3.63, 3.8) is 0 Å². The van der Waals surface area contributed by atoms with Gasteiger partial charge in [0.1, 0.15) is 10.9 Å². The molecule has 1 N–H and O–H groups in total. The molecule has 26 heavy (non-hydrogen) atoms. The summed E-state index contributed by atoms with van der Waals surface area (Å²) in [6.07, 6.45) is 11.5. The molecule has 6 heteroatoms. The van der Waals surface area contributed by atoms with Gasteiger partial charge < -0.3 is 14.4 Å². The highest BCUT2D eigenvalue weighted by Gasteiger charge is 2.22. The molecule has 0 saturated heterocycles. The maximum absolute atomic E-state index is 12.9. The summed E-state index contributed by atoms with van der Waals surface area (Å²) in [5.41, 5.74) is 0.925. The third-order valence-corrected chi connectivity index (χ3v) is 5.30. The van der Waals surface area contributed by atoms with Crippen LogP contribution in [0.25, 0.3) is 11.1 Å². The first kappa shape index (κ1) is 18.7. The fraction of sp³-hybridized carbons (Fsp3) is 0.650. The predicted octanol–water partition coefficient (Wildman–Crippen LogP) is 3.94. The molecule has 1 aliphatic carbocycles.